The molecule has 0 spiro atoms. The van der Waals surface area contributed by atoms with Gasteiger partial charge < -0.3 is 10.2 Å². The molecule has 2 nitrogen and oxygen atoms in total. The summed E-state index contributed by atoms with van der Waals surface area (Å²) in [6, 6.07) is 3.96. The zero-order valence-electron chi connectivity index (χ0n) is 8.83. The summed E-state index contributed by atoms with van der Waals surface area (Å²) >= 11 is 0. The minimum Gasteiger partial charge on any atom is -0.469 e. The van der Waals surface area contributed by atoms with E-state index in [2.05, 4.69) is 6.92 Å². The van der Waals surface area contributed by atoms with E-state index in [9.17, 15) is 0 Å². The van der Waals surface area contributed by atoms with Crippen molar-refractivity contribution in [1.82, 2.24) is 0 Å². The van der Waals surface area contributed by atoms with Crippen molar-refractivity contribution in [2.45, 2.75) is 44.6 Å². The van der Waals surface area contributed by atoms with Crippen molar-refractivity contribution < 1.29 is 4.42 Å². The fourth-order valence-corrected chi connectivity index (χ4v) is 2.62. The highest BCUT2D eigenvalue weighted by Crippen LogP contribution is 2.32. The highest BCUT2D eigenvalue weighted by Gasteiger charge is 2.31. The lowest BCUT2D eigenvalue weighted by Crippen LogP contribution is -2.45. The van der Waals surface area contributed by atoms with Crippen LogP contribution in [0.2, 0.25) is 0 Å². The van der Waals surface area contributed by atoms with E-state index in [0.717, 1.165) is 30.9 Å². The third kappa shape index (κ3) is 2.18. The van der Waals surface area contributed by atoms with Crippen LogP contribution in [-0.4, -0.2) is 5.54 Å². The molecule has 1 aromatic rings. The fraction of sp³-hybridized carbons (Fsp3) is 0.667. The standard InChI is InChI=1S/C12H19NO/c1-10-4-2-6-12(13,8-10)9-11-5-3-7-14-11/h3,5,7,10H,2,4,6,8-9,13H2,1H3. The average molecular weight is 193 g/mol. The second-order valence-electron chi connectivity index (χ2n) is 4.82. The van der Waals surface area contributed by atoms with Crippen LogP contribution in [0.5, 0.6) is 0 Å². The summed E-state index contributed by atoms with van der Waals surface area (Å²) in [6.45, 7) is 2.29. The summed E-state index contributed by atoms with van der Waals surface area (Å²) < 4.78 is 5.36. The maximum Gasteiger partial charge on any atom is 0.105 e. The molecule has 0 radical (unpaired) electrons. The monoisotopic (exact) mass is 193 g/mol. The zero-order chi connectivity index (χ0) is 10.0. The number of hydrogen-bond acceptors (Lipinski definition) is 2. The quantitative estimate of drug-likeness (QED) is 0.784. The van der Waals surface area contributed by atoms with Gasteiger partial charge >= 0.3 is 0 Å². The first kappa shape index (κ1) is 9.78. The number of furan rings is 1. The summed E-state index contributed by atoms with van der Waals surface area (Å²) in [5, 5.41) is 0. The van der Waals surface area contributed by atoms with Crippen molar-refractivity contribution in [1.29, 1.82) is 0 Å². The zero-order valence-corrected chi connectivity index (χ0v) is 8.83. The average Bonchev–Trinajstić information content (AvgIpc) is 2.55. The predicted octanol–water partition coefficient (Wildman–Crippen LogP) is 2.73. The van der Waals surface area contributed by atoms with Gasteiger partial charge in [-0.3, -0.25) is 0 Å². The summed E-state index contributed by atoms with van der Waals surface area (Å²) in [5.41, 5.74) is 6.36. The largest absolute Gasteiger partial charge is 0.469 e. The molecule has 1 heterocycles. The number of hydrogen-bond donors (Lipinski definition) is 1. The molecule has 2 rings (SSSR count). The third-order valence-corrected chi connectivity index (χ3v) is 3.23. The molecule has 2 atom stereocenters. The Labute approximate surface area is 85.5 Å². The Kier molecular flexibility index (Phi) is 2.64. The van der Waals surface area contributed by atoms with Gasteiger partial charge in [-0.2, -0.15) is 0 Å². The minimum absolute atomic E-state index is 0.0183. The molecule has 1 aliphatic carbocycles. The fourth-order valence-electron chi connectivity index (χ4n) is 2.62. The SMILES string of the molecule is CC1CCCC(N)(Cc2ccco2)C1. The molecule has 2 N–H and O–H groups in total. The molecule has 0 aliphatic heterocycles. The van der Waals surface area contributed by atoms with Crippen molar-refractivity contribution in [2.24, 2.45) is 11.7 Å². The first-order valence-corrected chi connectivity index (χ1v) is 5.49. The molecule has 1 fully saturated rings. The van der Waals surface area contributed by atoms with Gasteiger partial charge in [0.15, 0.2) is 0 Å². The molecular weight excluding hydrogens is 174 g/mol. The lowest BCUT2D eigenvalue weighted by molar-refractivity contribution is 0.225. The molecular formula is C12H19NO. The second-order valence-corrected chi connectivity index (χ2v) is 4.82. The molecule has 1 saturated carbocycles. The van der Waals surface area contributed by atoms with E-state index in [1.54, 1.807) is 6.26 Å². The van der Waals surface area contributed by atoms with Crippen LogP contribution in [0.3, 0.4) is 0 Å². The third-order valence-electron chi connectivity index (χ3n) is 3.23. The van der Waals surface area contributed by atoms with Crippen LogP contribution in [0.25, 0.3) is 0 Å². The highest BCUT2D eigenvalue weighted by molar-refractivity contribution is 5.05. The van der Waals surface area contributed by atoms with Gasteiger partial charge in [0.2, 0.25) is 0 Å². The summed E-state index contributed by atoms with van der Waals surface area (Å²) in [5.74, 6) is 1.80. The first-order chi connectivity index (χ1) is 6.68. The van der Waals surface area contributed by atoms with Gasteiger partial charge in [-0.25, -0.2) is 0 Å². The summed E-state index contributed by atoms with van der Waals surface area (Å²) in [6.07, 6.45) is 7.48. The number of nitrogens with two attached hydrogens (primary N) is 1. The van der Waals surface area contributed by atoms with Crippen LogP contribution in [0.1, 0.15) is 38.4 Å². The second kappa shape index (κ2) is 3.77. The lowest BCUT2D eigenvalue weighted by atomic mass is 9.75. The van der Waals surface area contributed by atoms with Crippen LogP contribution in [0.15, 0.2) is 22.8 Å². The molecule has 0 bridgehead atoms. The molecule has 0 aromatic carbocycles. The van der Waals surface area contributed by atoms with Gasteiger partial charge in [0.25, 0.3) is 0 Å². The predicted molar refractivity (Wildman–Crippen MR) is 57.0 cm³/mol. The Morgan fingerprint density at radius 1 is 1.64 bits per heavy atom. The van der Waals surface area contributed by atoms with Crippen LogP contribution in [-0.2, 0) is 6.42 Å². The maximum atomic E-state index is 6.38. The smallest absolute Gasteiger partial charge is 0.105 e. The van der Waals surface area contributed by atoms with E-state index < -0.39 is 0 Å². The van der Waals surface area contributed by atoms with Crippen molar-refractivity contribution in [3.05, 3.63) is 24.2 Å². The topological polar surface area (TPSA) is 39.2 Å². The van der Waals surface area contributed by atoms with Crippen molar-refractivity contribution in [3.63, 3.8) is 0 Å². The molecule has 2 heteroatoms. The van der Waals surface area contributed by atoms with E-state index in [-0.39, 0.29) is 5.54 Å². The number of rotatable bonds is 2. The van der Waals surface area contributed by atoms with Gasteiger partial charge in [-0.05, 0) is 30.9 Å². The van der Waals surface area contributed by atoms with Crippen LogP contribution < -0.4 is 5.73 Å². The van der Waals surface area contributed by atoms with Gasteiger partial charge in [0.05, 0.1) is 6.26 Å². The Morgan fingerprint density at radius 2 is 2.50 bits per heavy atom. The Bertz CT molecular complexity index is 281. The minimum atomic E-state index is -0.0183. The van der Waals surface area contributed by atoms with Crippen LogP contribution >= 0.6 is 0 Å². The van der Waals surface area contributed by atoms with Gasteiger partial charge in [0, 0.05) is 12.0 Å². The molecule has 14 heavy (non-hydrogen) atoms. The van der Waals surface area contributed by atoms with E-state index in [0.29, 0.717) is 0 Å². The maximum absolute atomic E-state index is 6.38. The molecule has 1 aromatic heterocycles. The van der Waals surface area contributed by atoms with Gasteiger partial charge in [0.1, 0.15) is 5.76 Å². The molecule has 78 valence electrons. The molecule has 0 amide bonds. The highest BCUT2D eigenvalue weighted by atomic mass is 16.3. The van der Waals surface area contributed by atoms with Crippen LogP contribution in [0.4, 0.5) is 0 Å². The van der Waals surface area contributed by atoms with Crippen molar-refractivity contribution >= 4 is 0 Å². The van der Waals surface area contributed by atoms with Gasteiger partial charge in [-0.15, -0.1) is 0 Å². The summed E-state index contributed by atoms with van der Waals surface area (Å²) in [4.78, 5) is 0. The van der Waals surface area contributed by atoms with E-state index in [1.807, 2.05) is 12.1 Å². The van der Waals surface area contributed by atoms with Crippen molar-refractivity contribution in [3.8, 4) is 0 Å². The van der Waals surface area contributed by atoms with Gasteiger partial charge in [-0.1, -0.05) is 19.8 Å². The molecule has 1 aliphatic rings. The molecule has 0 saturated heterocycles. The molecule has 2 unspecified atom stereocenters. The van der Waals surface area contributed by atoms with E-state index in [4.69, 9.17) is 10.2 Å². The van der Waals surface area contributed by atoms with E-state index >= 15 is 0 Å². The normalized spacial score (nSPS) is 33.1. The summed E-state index contributed by atoms with van der Waals surface area (Å²) in [7, 11) is 0. The lowest BCUT2D eigenvalue weighted by Gasteiger charge is -2.36. The van der Waals surface area contributed by atoms with Crippen LogP contribution in [0, 0.1) is 5.92 Å². The van der Waals surface area contributed by atoms with E-state index in [1.165, 1.54) is 12.8 Å². The van der Waals surface area contributed by atoms with Crippen molar-refractivity contribution in [2.75, 3.05) is 0 Å². The Balaban J connectivity index is 2.01. The Hall–Kier alpha value is -0.760. The first-order valence-electron chi connectivity index (χ1n) is 5.49. The Morgan fingerprint density at radius 3 is 3.14 bits per heavy atom.